The summed E-state index contributed by atoms with van der Waals surface area (Å²) in [6.07, 6.45) is 1.57. The van der Waals surface area contributed by atoms with Crippen molar-refractivity contribution in [2.75, 3.05) is 0 Å². The Hall–Kier alpha value is -4.13. The van der Waals surface area contributed by atoms with Gasteiger partial charge in [0.15, 0.2) is 0 Å². The summed E-state index contributed by atoms with van der Waals surface area (Å²) in [6, 6.07) is 24.7. The molecular formula is C31H25Cl2N3O3. The maximum absolute atomic E-state index is 13.3. The van der Waals surface area contributed by atoms with Crippen LogP contribution in [0.5, 0.6) is 0 Å². The molecule has 0 aliphatic carbocycles. The van der Waals surface area contributed by atoms with Gasteiger partial charge in [-0.15, -0.1) is 0 Å². The van der Waals surface area contributed by atoms with Gasteiger partial charge >= 0.3 is 5.97 Å². The summed E-state index contributed by atoms with van der Waals surface area (Å²) in [6.45, 7) is 2.04. The minimum Gasteiger partial charge on any atom is -0.478 e. The van der Waals surface area contributed by atoms with Gasteiger partial charge in [-0.3, -0.25) is 4.79 Å². The summed E-state index contributed by atoms with van der Waals surface area (Å²) in [7, 11) is 0. The van der Waals surface area contributed by atoms with Gasteiger partial charge in [-0.05, 0) is 60.0 Å². The third-order valence-corrected chi connectivity index (χ3v) is 7.16. The Bertz CT molecular complexity index is 1650. The number of carbonyl (C=O) groups is 2. The number of carbonyl (C=O) groups excluding carboxylic acids is 1. The number of hydrogen-bond donors (Lipinski definition) is 3. The molecule has 1 aromatic heterocycles. The first-order valence-electron chi connectivity index (χ1n) is 12.5. The lowest BCUT2D eigenvalue weighted by molar-refractivity contribution is 0.0697. The van der Waals surface area contributed by atoms with Crippen LogP contribution >= 0.6 is 23.2 Å². The summed E-state index contributed by atoms with van der Waals surface area (Å²) in [5.41, 5.74) is 4.34. The zero-order valence-electron chi connectivity index (χ0n) is 21.0. The number of carboxylic acids is 1. The lowest BCUT2D eigenvalue weighted by atomic mass is 9.93. The summed E-state index contributed by atoms with van der Waals surface area (Å²) >= 11 is 12.7. The van der Waals surface area contributed by atoms with Crippen LogP contribution < -0.4 is 5.32 Å². The van der Waals surface area contributed by atoms with E-state index in [-0.39, 0.29) is 23.1 Å². The highest BCUT2D eigenvalue weighted by molar-refractivity contribution is 6.34. The normalized spacial score (nSPS) is 11.9. The number of nitrogens with one attached hydrogen (secondary N) is 2. The SMILES string of the molecule is CCC[C@H](NC(=O)c1ccc(-c2c(Cl)cccc2-c2nc3ccccc3[nH]2)c(C(=O)O)c1)c1ccc(Cl)cc1. The Morgan fingerprint density at radius 2 is 1.72 bits per heavy atom. The molecule has 39 heavy (non-hydrogen) atoms. The molecule has 0 radical (unpaired) electrons. The van der Waals surface area contributed by atoms with Gasteiger partial charge in [0.25, 0.3) is 5.91 Å². The fourth-order valence-electron chi connectivity index (χ4n) is 4.70. The second kappa shape index (κ2) is 11.3. The van der Waals surface area contributed by atoms with Crippen LogP contribution in [-0.2, 0) is 0 Å². The Labute approximate surface area is 235 Å². The molecule has 5 rings (SSSR count). The lowest BCUT2D eigenvalue weighted by Gasteiger charge is -2.19. The molecule has 0 saturated heterocycles. The van der Waals surface area contributed by atoms with E-state index < -0.39 is 5.97 Å². The van der Waals surface area contributed by atoms with E-state index in [2.05, 4.69) is 15.3 Å². The van der Waals surface area contributed by atoms with Gasteiger partial charge in [0.1, 0.15) is 5.82 Å². The van der Waals surface area contributed by atoms with Crippen molar-refractivity contribution in [2.45, 2.75) is 25.8 Å². The highest BCUT2D eigenvalue weighted by Crippen LogP contribution is 2.39. The number of fused-ring (bicyclic) bond motifs is 1. The van der Waals surface area contributed by atoms with E-state index in [0.717, 1.165) is 29.4 Å². The Balaban J connectivity index is 1.54. The van der Waals surface area contributed by atoms with Crippen molar-refractivity contribution in [2.24, 2.45) is 0 Å². The number of benzene rings is 4. The zero-order valence-corrected chi connectivity index (χ0v) is 22.6. The second-order valence-corrected chi connectivity index (χ2v) is 10.0. The number of carboxylic acid groups (broad SMARTS) is 1. The Kier molecular flexibility index (Phi) is 7.68. The predicted molar refractivity (Wildman–Crippen MR) is 156 cm³/mol. The van der Waals surface area contributed by atoms with Crippen LogP contribution in [0.2, 0.25) is 10.0 Å². The van der Waals surface area contributed by atoms with E-state index in [0.29, 0.717) is 32.6 Å². The molecule has 0 aliphatic heterocycles. The third-order valence-electron chi connectivity index (χ3n) is 6.59. The largest absolute Gasteiger partial charge is 0.478 e. The van der Waals surface area contributed by atoms with Gasteiger partial charge in [-0.1, -0.05) is 79.0 Å². The maximum atomic E-state index is 13.3. The molecule has 1 amide bonds. The Morgan fingerprint density at radius 1 is 0.949 bits per heavy atom. The van der Waals surface area contributed by atoms with E-state index in [1.54, 1.807) is 36.4 Å². The van der Waals surface area contributed by atoms with E-state index in [4.69, 9.17) is 23.2 Å². The minimum atomic E-state index is -1.17. The highest BCUT2D eigenvalue weighted by atomic mass is 35.5. The monoisotopic (exact) mass is 557 g/mol. The average molecular weight is 558 g/mol. The van der Waals surface area contributed by atoms with Crippen molar-refractivity contribution in [3.63, 3.8) is 0 Å². The van der Waals surface area contributed by atoms with Crippen LogP contribution in [0.25, 0.3) is 33.5 Å². The van der Waals surface area contributed by atoms with Gasteiger partial charge < -0.3 is 15.4 Å². The van der Waals surface area contributed by atoms with Crippen molar-refractivity contribution >= 4 is 46.1 Å². The van der Waals surface area contributed by atoms with Crippen molar-refractivity contribution in [1.82, 2.24) is 15.3 Å². The fraction of sp³-hybridized carbons (Fsp3) is 0.129. The predicted octanol–water partition coefficient (Wildman–Crippen LogP) is 8.17. The molecule has 6 nitrogen and oxygen atoms in total. The van der Waals surface area contributed by atoms with E-state index >= 15 is 0 Å². The minimum absolute atomic E-state index is 0.0355. The highest BCUT2D eigenvalue weighted by Gasteiger charge is 2.23. The number of nitrogens with zero attached hydrogens (tertiary/aromatic N) is 1. The molecule has 0 aliphatic rings. The maximum Gasteiger partial charge on any atom is 0.336 e. The standard InChI is InChI=1S/C31H25Cl2N3O3/c1-2-6-25(18-11-14-20(32)15-12-18)36-30(37)19-13-16-21(23(17-19)31(38)39)28-22(7-5-8-24(28)33)29-34-26-9-3-4-10-27(26)35-29/h3-5,7-17,25H,2,6H2,1H3,(H,34,35)(H,36,37)(H,38,39)/t25-/m0/s1. The van der Waals surface area contributed by atoms with Crippen molar-refractivity contribution in [1.29, 1.82) is 0 Å². The molecule has 3 N–H and O–H groups in total. The smallest absolute Gasteiger partial charge is 0.336 e. The molecule has 196 valence electrons. The first kappa shape index (κ1) is 26.5. The molecule has 1 atom stereocenters. The number of halogens is 2. The number of aromatic nitrogens is 2. The fourth-order valence-corrected chi connectivity index (χ4v) is 5.11. The van der Waals surface area contributed by atoms with Gasteiger partial charge in [0.2, 0.25) is 0 Å². The summed E-state index contributed by atoms with van der Waals surface area (Å²) in [4.78, 5) is 33.7. The lowest BCUT2D eigenvalue weighted by Crippen LogP contribution is -2.28. The number of para-hydroxylation sites is 2. The molecule has 0 saturated carbocycles. The van der Waals surface area contributed by atoms with E-state index in [1.165, 1.54) is 6.07 Å². The van der Waals surface area contributed by atoms with Gasteiger partial charge in [0.05, 0.1) is 22.6 Å². The van der Waals surface area contributed by atoms with Crippen molar-refractivity contribution in [3.05, 3.63) is 112 Å². The average Bonchev–Trinajstić information content (AvgIpc) is 3.37. The quantitative estimate of drug-likeness (QED) is 0.179. The molecule has 4 aromatic carbocycles. The molecule has 8 heteroatoms. The Morgan fingerprint density at radius 3 is 2.44 bits per heavy atom. The van der Waals surface area contributed by atoms with Crippen molar-refractivity contribution in [3.8, 4) is 22.5 Å². The summed E-state index contributed by atoms with van der Waals surface area (Å²) < 4.78 is 0. The summed E-state index contributed by atoms with van der Waals surface area (Å²) in [5.74, 6) is -0.968. The number of imidazole rings is 1. The third kappa shape index (κ3) is 5.53. The van der Waals surface area contributed by atoms with Crippen LogP contribution in [0, 0.1) is 0 Å². The van der Waals surface area contributed by atoms with Crippen molar-refractivity contribution < 1.29 is 14.7 Å². The summed E-state index contributed by atoms with van der Waals surface area (Å²) in [5, 5.41) is 14.2. The van der Waals surface area contributed by atoms with E-state index in [9.17, 15) is 14.7 Å². The number of rotatable bonds is 8. The second-order valence-electron chi connectivity index (χ2n) is 9.20. The van der Waals surface area contributed by atoms with Gasteiger partial charge in [0, 0.05) is 26.7 Å². The molecular weight excluding hydrogens is 533 g/mol. The molecule has 0 bridgehead atoms. The molecule has 1 heterocycles. The number of aromatic carboxylic acids is 1. The van der Waals surface area contributed by atoms with E-state index in [1.807, 2.05) is 49.4 Å². The first-order valence-corrected chi connectivity index (χ1v) is 13.3. The van der Waals surface area contributed by atoms with Gasteiger partial charge in [-0.2, -0.15) is 0 Å². The van der Waals surface area contributed by atoms with Crippen LogP contribution in [0.3, 0.4) is 0 Å². The van der Waals surface area contributed by atoms with Crippen LogP contribution in [0.15, 0.2) is 84.9 Å². The van der Waals surface area contributed by atoms with Gasteiger partial charge in [-0.25, -0.2) is 9.78 Å². The zero-order chi connectivity index (χ0) is 27.5. The molecule has 0 spiro atoms. The van der Waals surface area contributed by atoms with Crippen LogP contribution in [0.1, 0.15) is 52.1 Å². The number of amides is 1. The molecule has 5 aromatic rings. The topological polar surface area (TPSA) is 95.1 Å². The number of hydrogen-bond acceptors (Lipinski definition) is 3. The van der Waals surface area contributed by atoms with Crippen LogP contribution in [0.4, 0.5) is 0 Å². The van der Waals surface area contributed by atoms with Crippen LogP contribution in [-0.4, -0.2) is 27.0 Å². The number of H-pyrrole nitrogens is 1. The molecule has 0 fully saturated rings. The molecule has 0 unspecified atom stereocenters. The number of aromatic amines is 1. The first-order chi connectivity index (χ1) is 18.9.